The number of hydrogen-bond donors (Lipinski definition) is 1. The number of hydrogen-bond acceptors (Lipinski definition) is 4. The van der Waals surface area contributed by atoms with Crippen LogP contribution in [-0.2, 0) is 13.6 Å². The molecular weight excluding hydrogens is 456 g/mol. The van der Waals surface area contributed by atoms with Gasteiger partial charge in [0.1, 0.15) is 5.75 Å². The highest BCUT2D eigenvalue weighted by Crippen LogP contribution is 2.28. The highest BCUT2D eigenvalue weighted by atomic mass is 79.9. The van der Waals surface area contributed by atoms with Crippen molar-refractivity contribution in [3.05, 3.63) is 76.0 Å². The zero-order valence-electron chi connectivity index (χ0n) is 17.6. The summed E-state index contributed by atoms with van der Waals surface area (Å²) in [4.78, 5) is 18.0. The Balaban J connectivity index is 1.70. The average Bonchev–Trinajstić information content (AvgIpc) is 3.09. The van der Waals surface area contributed by atoms with E-state index in [4.69, 9.17) is 9.72 Å². The van der Waals surface area contributed by atoms with Crippen LogP contribution in [0, 0.1) is 6.92 Å². The molecule has 4 aromatic rings. The maximum absolute atomic E-state index is 13.2. The number of aryl methyl sites for hydroxylation is 2. The minimum atomic E-state index is -0.152. The topological polar surface area (TPSA) is 69.0 Å². The number of ether oxygens (including phenoxy) is 1. The molecule has 6 nitrogen and oxygen atoms in total. The summed E-state index contributed by atoms with van der Waals surface area (Å²) in [7, 11) is 1.87. The van der Waals surface area contributed by atoms with E-state index in [1.165, 1.54) is 0 Å². The Morgan fingerprint density at radius 2 is 1.94 bits per heavy atom. The van der Waals surface area contributed by atoms with E-state index in [2.05, 4.69) is 26.3 Å². The van der Waals surface area contributed by atoms with Crippen molar-refractivity contribution in [3.63, 3.8) is 0 Å². The van der Waals surface area contributed by atoms with Crippen molar-refractivity contribution in [2.75, 3.05) is 6.61 Å². The van der Waals surface area contributed by atoms with Gasteiger partial charge in [-0.3, -0.25) is 9.48 Å². The molecule has 0 fully saturated rings. The summed E-state index contributed by atoms with van der Waals surface area (Å²) in [6.45, 7) is 4.91. The van der Waals surface area contributed by atoms with E-state index in [1.807, 2.05) is 75.6 Å². The Morgan fingerprint density at radius 3 is 2.61 bits per heavy atom. The number of benzene rings is 2. The molecule has 4 rings (SSSR count). The van der Waals surface area contributed by atoms with Crippen molar-refractivity contribution in [1.82, 2.24) is 20.1 Å². The normalized spacial score (nSPS) is 11.0. The second-order valence-corrected chi connectivity index (χ2v) is 8.19. The molecule has 0 saturated heterocycles. The molecule has 0 aliphatic carbocycles. The monoisotopic (exact) mass is 478 g/mol. The first-order valence-corrected chi connectivity index (χ1v) is 10.8. The summed E-state index contributed by atoms with van der Waals surface area (Å²) < 4.78 is 8.18. The molecule has 0 spiro atoms. The molecule has 1 N–H and O–H groups in total. The van der Waals surface area contributed by atoms with Crippen LogP contribution in [0.25, 0.3) is 22.2 Å². The number of amides is 1. The summed E-state index contributed by atoms with van der Waals surface area (Å²) >= 11 is 3.51. The Hall–Kier alpha value is -3.19. The minimum Gasteiger partial charge on any atom is -0.494 e. The quantitative estimate of drug-likeness (QED) is 0.421. The van der Waals surface area contributed by atoms with Gasteiger partial charge in [0.05, 0.1) is 29.1 Å². The van der Waals surface area contributed by atoms with E-state index >= 15 is 0 Å². The fraction of sp³-hybridized carbons (Fsp3) is 0.208. The first-order chi connectivity index (χ1) is 14.9. The molecule has 0 aliphatic rings. The van der Waals surface area contributed by atoms with Gasteiger partial charge in [-0.25, -0.2) is 4.98 Å². The van der Waals surface area contributed by atoms with Gasteiger partial charge in [0.15, 0.2) is 0 Å². The lowest BCUT2D eigenvalue weighted by Crippen LogP contribution is -2.23. The number of nitrogens with one attached hydrogen (secondary N) is 1. The predicted octanol–water partition coefficient (Wildman–Crippen LogP) is 5.03. The molecule has 0 aliphatic heterocycles. The molecule has 1 amide bonds. The van der Waals surface area contributed by atoms with Gasteiger partial charge in [-0.1, -0.05) is 15.9 Å². The van der Waals surface area contributed by atoms with Crippen LogP contribution >= 0.6 is 15.9 Å². The molecular formula is C24H23BrN4O2. The predicted molar refractivity (Wildman–Crippen MR) is 125 cm³/mol. The first-order valence-electron chi connectivity index (χ1n) is 10.1. The number of carbonyl (C=O) groups is 1. The molecule has 31 heavy (non-hydrogen) atoms. The molecule has 2 aromatic heterocycles. The van der Waals surface area contributed by atoms with E-state index in [0.29, 0.717) is 18.7 Å². The maximum atomic E-state index is 13.2. The third-order valence-electron chi connectivity index (χ3n) is 5.03. The Labute approximate surface area is 189 Å². The smallest absolute Gasteiger partial charge is 0.252 e. The van der Waals surface area contributed by atoms with Crippen LogP contribution in [0.1, 0.15) is 28.5 Å². The lowest BCUT2D eigenvalue weighted by Gasteiger charge is -2.11. The van der Waals surface area contributed by atoms with E-state index in [1.54, 1.807) is 4.68 Å². The summed E-state index contributed by atoms with van der Waals surface area (Å²) in [5.74, 6) is 0.654. The third-order valence-corrected chi connectivity index (χ3v) is 5.52. The number of nitrogens with zero attached hydrogens (tertiary/aromatic N) is 3. The molecule has 0 saturated carbocycles. The number of carbonyl (C=O) groups excluding carboxylic acids is 1. The van der Waals surface area contributed by atoms with Gasteiger partial charge in [0.2, 0.25) is 0 Å². The van der Waals surface area contributed by atoms with Gasteiger partial charge in [-0.2, -0.15) is 5.10 Å². The molecule has 2 aromatic carbocycles. The fourth-order valence-corrected chi connectivity index (χ4v) is 3.88. The van der Waals surface area contributed by atoms with E-state index < -0.39 is 0 Å². The van der Waals surface area contributed by atoms with E-state index in [9.17, 15) is 4.79 Å². The lowest BCUT2D eigenvalue weighted by atomic mass is 10.0. The van der Waals surface area contributed by atoms with Crippen LogP contribution in [0.5, 0.6) is 5.75 Å². The van der Waals surface area contributed by atoms with Crippen molar-refractivity contribution < 1.29 is 9.53 Å². The zero-order chi connectivity index (χ0) is 22.0. The molecule has 0 atom stereocenters. The van der Waals surface area contributed by atoms with Crippen molar-refractivity contribution in [1.29, 1.82) is 0 Å². The number of halogens is 1. The van der Waals surface area contributed by atoms with Gasteiger partial charge in [-0.15, -0.1) is 0 Å². The SMILES string of the molecule is CCOc1ccc(-c2cc(C(=O)NCc3cn(C)nc3C)c3cc(Br)ccc3n2)cc1. The van der Waals surface area contributed by atoms with Crippen LogP contribution in [0.2, 0.25) is 0 Å². The van der Waals surface area contributed by atoms with Gasteiger partial charge >= 0.3 is 0 Å². The van der Waals surface area contributed by atoms with Crippen LogP contribution < -0.4 is 10.1 Å². The Bertz CT molecular complexity index is 1250. The van der Waals surface area contributed by atoms with Crippen molar-refractivity contribution >= 4 is 32.7 Å². The number of rotatable bonds is 6. The van der Waals surface area contributed by atoms with E-state index in [0.717, 1.165) is 43.6 Å². The zero-order valence-corrected chi connectivity index (χ0v) is 19.2. The summed E-state index contributed by atoms with van der Waals surface area (Å²) in [5.41, 5.74) is 4.89. The average molecular weight is 479 g/mol. The summed E-state index contributed by atoms with van der Waals surface area (Å²) in [6.07, 6.45) is 1.92. The second kappa shape index (κ2) is 8.89. The van der Waals surface area contributed by atoms with Gasteiger partial charge in [0.25, 0.3) is 5.91 Å². The number of fused-ring (bicyclic) bond motifs is 1. The van der Waals surface area contributed by atoms with Crippen LogP contribution in [-0.4, -0.2) is 27.3 Å². The highest BCUT2D eigenvalue weighted by molar-refractivity contribution is 9.10. The molecule has 7 heteroatoms. The van der Waals surface area contributed by atoms with Crippen molar-refractivity contribution in [3.8, 4) is 17.0 Å². The minimum absolute atomic E-state index is 0.152. The fourth-order valence-electron chi connectivity index (χ4n) is 3.52. The molecule has 0 unspecified atom stereocenters. The number of pyridine rings is 1. The number of aromatic nitrogens is 3. The molecule has 2 heterocycles. The van der Waals surface area contributed by atoms with E-state index in [-0.39, 0.29) is 5.91 Å². The Morgan fingerprint density at radius 1 is 1.16 bits per heavy atom. The Kier molecular flexibility index (Phi) is 6.04. The summed E-state index contributed by atoms with van der Waals surface area (Å²) in [6, 6.07) is 15.4. The largest absolute Gasteiger partial charge is 0.494 e. The van der Waals surface area contributed by atoms with Crippen molar-refractivity contribution in [2.24, 2.45) is 7.05 Å². The second-order valence-electron chi connectivity index (χ2n) is 7.27. The molecule has 0 radical (unpaired) electrons. The van der Waals surface area contributed by atoms with Gasteiger partial charge < -0.3 is 10.1 Å². The molecule has 158 valence electrons. The first kappa shape index (κ1) is 21.1. The van der Waals surface area contributed by atoms with Crippen LogP contribution in [0.4, 0.5) is 0 Å². The third kappa shape index (κ3) is 4.61. The molecule has 0 bridgehead atoms. The lowest BCUT2D eigenvalue weighted by molar-refractivity contribution is 0.0952. The summed E-state index contributed by atoms with van der Waals surface area (Å²) in [5, 5.41) is 8.16. The highest BCUT2D eigenvalue weighted by Gasteiger charge is 2.15. The van der Waals surface area contributed by atoms with Crippen LogP contribution in [0.3, 0.4) is 0 Å². The van der Waals surface area contributed by atoms with Gasteiger partial charge in [-0.05, 0) is 62.4 Å². The van der Waals surface area contributed by atoms with Gasteiger partial charge in [0, 0.05) is 40.8 Å². The van der Waals surface area contributed by atoms with Crippen LogP contribution in [0.15, 0.2) is 59.2 Å². The standard InChI is InChI=1S/C24H23BrN4O2/c1-4-31-19-8-5-16(6-9-19)23-12-21(20-11-18(25)7-10-22(20)27-23)24(30)26-13-17-14-29(3)28-15(17)2/h5-12,14H,4,13H2,1-3H3,(H,26,30). The van der Waals surface area contributed by atoms with Crippen molar-refractivity contribution in [2.45, 2.75) is 20.4 Å². The maximum Gasteiger partial charge on any atom is 0.252 e.